The Morgan fingerprint density at radius 3 is 2.73 bits per heavy atom. The number of fused-ring (bicyclic) bond motifs is 1. The molecule has 0 aliphatic heterocycles. The molecule has 5 heteroatoms. The van der Waals surface area contributed by atoms with Crippen LogP contribution in [0.2, 0.25) is 0 Å². The molecule has 1 aromatic rings. The third kappa shape index (κ3) is 2.21. The maximum Gasteiger partial charge on any atom is 0.142 e. The molecular weight excluding hydrogens is 219 g/mol. The second-order valence-electron chi connectivity index (χ2n) is 3.54. The third-order valence-electron chi connectivity index (χ3n) is 2.63. The van der Waals surface area contributed by atoms with Crippen molar-refractivity contribution in [1.29, 1.82) is 0 Å². The third-order valence-corrected chi connectivity index (χ3v) is 2.63. The number of oxime groups is 1. The molecule has 1 aromatic carbocycles. The Bertz CT molecular complexity index is 395. The number of hydrogen-bond donors (Lipinski definition) is 2. The van der Waals surface area contributed by atoms with Gasteiger partial charge in [0.2, 0.25) is 0 Å². The molecule has 2 rings (SSSR count). The summed E-state index contributed by atoms with van der Waals surface area (Å²) in [7, 11) is 0. The summed E-state index contributed by atoms with van der Waals surface area (Å²) >= 11 is 0. The fraction of sp³-hybridized carbons (Fsp3) is 0.300. The first kappa shape index (κ1) is 11.8. The summed E-state index contributed by atoms with van der Waals surface area (Å²) in [6.07, 6.45) is 1.38. The highest BCUT2D eigenvalue weighted by atomic mass is 35.5. The lowest BCUT2D eigenvalue weighted by molar-refractivity contribution is 0.314. The summed E-state index contributed by atoms with van der Waals surface area (Å²) < 4.78 is 12.9. The topological polar surface area (TPSA) is 58.6 Å². The monoisotopic (exact) mass is 230 g/mol. The van der Waals surface area contributed by atoms with E-state index in [1.807, 2.05) is 0 Å². The predicted molar refractivity (Wildman–Crippen MR) is 58.0 cm³/mol. The van der Waals surface area contributed by atoms with E-state index in [-0.39, 0.29) is 30.0 Å². The number of benzene rings is 1. The Balaban J connectivity index is 0.00000112. The van der Waals surface area contributed by atoms with E-state index in [0.29, 0.717) is 6.42 Å². The van der Waals surface area contributed by atoms with Crippen LogP contribution in [0.4, 0.5) is 4.39 Å². The van der Waals surface area contributed by atoms with Crippen molar-refractivity contribution in [2.45, 2.75) is 12.8 Å². The van der Waals surface area contributed by atoms with Crippen LogP contribution in [0, 0.1) is 11.7 Å². The zero-order valence-corrected chi connectivity index (χ0v) is 8.80. The standard InChI is InChI=1S/C10H11FN2O.ClH/c11-9-2-1-6-3-8(10(12)13-14)4-7(6)5-9;/h1-2,5,8,14H,3-4H2,(H2,12,13);1H. The molecule has 0 heterocycles. The molecular formula is C10H12ClFN2O. The first-order chi connectivity index (χ1) is 6.70. The molecule has 0 fully saturated rings. The van der Waals surface area contributed by atoms with Gasteiger partial charge in [-0.1, -0.05) is 11.2 Å². The average Bonchev–Trinajstić information content (AvgIpc) is 2.59. The van der Waals surface area contributed by atoms with Gasteiger partial charge in [0.05, 0.1) is 0 Å². The SMILES string of the molecule is Cl.N/C(=N\O)C1Cc2ccc(F)cc2C1. The van der Waals surface area contributed by atoms with Crippen molar-refractivity contribution in [2.24, 2.45) is 16.8 Å². The molecule has 1 unspecified atom stereocenters. The van der Waals surface area contributed by atoms with Crippen molar-refractivity contribution in [3.8, 4) is 0 Å². The summed E-state index contributed by atoms with van der Waals surface area (Å²) in [5.41, 5.74) is 7.55. The Hall–Kier alpha value is -1.29. The van der Waals surface area contributed by atoms with Crippen LogP contribution in [0.3, 0.4) is 0 Å². The molecule has 82 valence electrons. The largest absolute Gasteiger partial charge is 0.409 e. The lowest BCUT2D eigenvalue weighted by Gasteiger charge is -2.04. The van der Waals surface area contributed by atoms with Gasteiger partial charge in [-0.15, -0.1) is 12.4 Å². The lowest BCUT2D eigenvalue weighted by atomic mass is 10.1. The number of nitrogens with zero attached hydrogens (tertiary/aromatic N) is 1. The van der Waals surface area contributed by atoms with Gasteiger partial charge in [-0.3, -0.25) is 0 Å². The fourth-order valence-corrected chi connectivity index (χ4v) is 1.88. The van der Waals surface area contributed by atoms with Crippen LogP contribution in [0.5, 0.6) is 0 Å². The van der Waals surface area contributed by atoms with Gasteiger partial charge < -0.3 is 10.9 Å². The van der Waals surface area contributed by atoms with Crippen LogP contribution in [-0.2, 0) is 12.8 Å². The van der Waals surface area contributed by atoms with E-state index in [4.69, 9.17) is 10.9 Å². The first-order valence-electron chi connectivity index (χ1n) is 4.45. The molecule has 0 radical (unpaired) electrons. The molecule has 1 atom stereocenters. The Labute approximate surface area is 93.2 Å². The van der Waals surface area contributed by atoms with E-state index in [1.165, 1.54) is 12.1 Å². The quantitative estimate of drug-likeness (QED) is 0.334. The fourth-order valence-electron chi connectivity index (χ4n) is 1.88. The van der Waals surface area contributed by atoms with Crippen molar-refractivity contribution < 1.29 is 9.60 Å². The van der Waals surface area contributed by atoms with Crippen LogP contribution in [-0.4, -0.2) is 11.0 Å². The minimum atomic E-state index is -0.232. The highest BCUT2D eigenvalue weighted by molar-refractivity contribution is 5.85. The summed E-state index contributed by atoms with van der Waals surface area (Å²) in [5, 5.41) is 11.5. The van der Waals surface area contributed by atoms with Gasteiger partial charge in [0.25, 0.3) is 0 Å². The summed E-state index contributed by atoms with van der Waals surface area (Å²) in [5.74, 6) is 0.00215. The zero-order valence-electron chi connectivity index (χ0n) is 7.98. The summed E-state index contributed by atoms with van der Waals surface area (Å²) in [4.78, 5) is 0. The van der Waals surface area contributed by atoms with E-state index in [9.17, 15) is 4.39 Å². The van der Waals surface area contributed by atoms with Crippen LogP contribution >= 0.6 is 12.4 Å². The normalized spacial score (nSPS) is 19.5. The Morgan fingerprint density at radius 2 is 2.07 bits per heavy atom. The molecule has 0 saturated carbocycles. The minimum absolute atomic E-state index is 0. The van der Waals surface area contributed by atoms with Gasteiger partial charge in [-0.05, 0) is 36.1 Å². The van der Waals surface area contributed by atoms with E-state index in [2.05, 4.69) is 5.16 Å². The Morgan fingerprint density at radius 1 is 1.40 bits per heavy atom. The number of nitrogens with two attached hydrogens (primary N) is 1. The second kappa shape index (κ2) is 4.49. The average molecular weight is 231 g/mol. The molecule has 0 amide bonds. The number of halogens is 2. The smallest absolute Gasteiger partial charge is 0.142 e. The number of amidine groups is 1. The number of rotatable bonds is 1. The first-order valence-corrected chi connectivity index (χ1v) is 4.45. The molecule has 3 N–H and O–H groups in total. The van der Waals surface area contributed by atoms with Gasteiger partial charge >= 0.3 is 0 Å². The number of hydrogen-bond acceptors (Lipinski definition) is 2. The van der Waals surface area contributed by atoms with Gasteiger partial charge in [-0.2, -0.15) is 0 Å². The molecule has 0 bridgehead atoms. The van der Waals surface area contributed by atoms with Crippen LogP contribution < -0.4 is 5.73 Å². The van der Waals surface area contributed by atoms with Crippen LogP contribution in [0.15, 0.2) is 23.4 Å². The molecule has 1 aliphatic rings. The second-order valence-corrected chi connectivity index (χ2v) is 3.54. The molecule has 0 aromatic heterocycles. The molecule has 15 heavy (non-hydrogen) atoms. The summed E-state index contributed by atoms with van der Waals surface area (Å²) in [6, 6.07) is 4.71. The highest BCUT2D eigenvalue weighted by Gasteiger charge is 2.24. The zero-order chi connectivity index (χ0) is 10.1. The summed E-state index contributed by atoms with van der Waals surface area (Å²) in [6.45, 7) is 0. The van der Waals surface area contributed by atoms with E-state index < -0.39 is 0 Å². The van der Waals surface area contributed by atoms with Gasteiger partial charge in [0.15, 0.2) is 0 Å². The van der Waals surface area contributed by atoms with Gasteiger partial charge in [-0.25, -0.2) is 4.39 Å². The maximum absolute atomic E-state index is 12.9. The Kier molecular flexibility index (Phi) is 3.52. The minimum Gasteiger partial charge on any atom is -0.409 e. The van der Waals surface area contributed by atoms with Gasteiger partial charge in [0.1, 0.15) is 11.7 Å². The van der Waals surface area contributed by atoms with Gasteiger partial charge in [0, 0.05) is 5.92 Å². The molecule has 0 saturated heterocycles. The predicted octanol–water partition coefficient (Wildman–Crippen LogP) is 1.71. The van der Waals surface area contributed by atoms with E-state index >= 15 is 0 Å². The van der Waals surface area contributed by atoms with Crippen molar-refractivity contribution in [2.75, 3.05) is 0 Å². The maximum atomic E-state index is 12.9. The van der Waals surface area contributed by atoms with Crippen LogP contribution in [0.25, 0.3) is 0 Å². The van der Waals surface area contributed by atoms with Crippen molar-refractivity contribution in [3.63, 3.8) is 0 Å². The lowest BCUT2D eigenvalue weighted by Crippen LogP contribution is -2.23. The van der Waals surface area contributed by atoms with Crippen molar-refractivity contribution in [3.05, 3.63) is 35.1 Å². The molecule has 0 spiro atoms. The van der Waals surface area contributed by atoms with Crippen molar-refractivity contribution in [1.82, 2.24) is 0 Å². The molecule has 1 aliphatic carbocycles. The van der Waals surface area contributed by atoms with Crippen molar-refractivity contribution >= 4 is 18.2 Å². The van der Waals surface area contributed by atoms with E-state index in [1.54, 1.807) is 6.07 Å². The molecule has 3 nitrogen and oxygen atoms in total. The van der Waals surface area contributed by atoms with Crippen LogP contribution in [0.1, 0.15) is 11.1 Å². The van der Waals surface area contributed by atoms with E-state index in [0.717, 1.165) is 17.5 Å². The highest BCUT2D eigenvalue weighted by Crippen LogP contribution is 2.27.